The summed E-state index contributed by atoms with van der Waals surface area (Å²) in [6.07, 6.45) is 3.66. The molecular weight excluding hydrogens is 451 g/mol. The van der Waals surface area contributed by atoms with Crippen LogP contribution in [0.4, 0.5) is 0 Å². The topological polar surface area (TPSA) is 40.1 Å². The number of guanidine groups is 1. The maximum Gasteiger partial charge on any atom is 0.193 e. The Hall–Kier alpha value is -0.860. The Labute approximate surface area is 180 Å². The molecule has 4 rings (SSSR count). The molecule has 3 atom stereocenters. The number of aliphatic imine (C=N–C) groups is 1. The SMILES string of the molecule is CN=C(NC1CC1Cc1ccccc1)N1CCN(CC2CCOC2)CC1.I. The number of ether oxygens (including phenoxy) is 1. The molecule has 1 aromatic carbocycles. The van der Waals surface area contributed by atoms with Gasteiger partial charge >= 0.3 is 0 Å². The molecule has 1 aromatic rings. The highest BCUT2D eigenvalue weighted by molar-refractivity contribution is 14.0. The molecule has 1 aliphatic carbocycles. The standard InChI is InChI=1S/C21H32N4O.HI/c1-22-21(23-20-14-19(20)13-17-5-3-2-4-6-17)25-10-8-24(9-11-25)15-18-7-12-26-16-18;/h2-6,18-20H,7-16H2,1H3,(H,22,23);1H. The monoisotopic (exact) mass is 484 g/mol. The van der Waals surface area contributed by atoms with E-state index in [1.165, 1.54) is 31.4 Å². The normalized spacial score (nSPS) is 28.7. The van der Waals surface area contributed by atoms with E-state index in [1.807, 2.05) is 7.05 Å². The van der Waals surface area contributed by atoms with Crippen LogP contribution in [0.15, 0.2) is 35.3 Å². The average molecular weight is 484 g/mol. The Balaban J connectivity index is 0.00000210. The molecule has 1 N–H and O–H groups in total. The first-order chi connectivity index (χ1) is 12.8. The van der Waals surface area contributed by atoms with Gasteiger partial charge in [0.25, 0.3) is 0 Å². The van der Waals surface area contributed by atoms with Crippen molar-refractivity contribution in [2.75, 3.05) is 53.0 Å². The van der Waals surface area contributed by atoms with Gasteiger partial charge in [-0.05, 0) is 36.7 Å². The molecule has 0 radical (unpaired) electrons. The van der Waals surface area contributed by atoms with Crippen LogP contribution >= 0.6 is 24.0 Å². The van der Waals surface area contributed by atoms with Crippen molar-refractivity contribution in [3.05, 3.63) is 35.9 Å². The molecular formula is C21H33IN4O. The minimum Gasteiger partial charge on any atom is -0.381 e. The lowest BCUT2D eigenvalue weighted by Gasteiger charge is -2.37. The summed E-state index contributed by atoms with van der Waals surface area (Å²) in [5.74, 6) is 2.58. The van der Waals surface area contributed by atoms with Crippen molar-refractivity contribution in [1.29, 1.82) is 0 Å². The fourth-order valence-electron chi connectivity index (χ4n) is 4.26. The lowest BCUT2D eigenvalue weighted by atomic mass is 10.1. The zero-order valence-corrected chi connectivity index (χ0v) is 18.7. The third-order valence-corrected chi connectivity index (χ3v) is 6.00. The molecule has 0 aromatic heterocycles. The number of rotatable bonds is 5. The maximum absolute atomic E-state index is 5.51. The van der Waals surface area contributed by atoms with Crippen LogP contribution in [-0.4, -0.2) is 74.8 Å². The molecule has 2 saturated heterocycles. The van der Waals surface area contributed by atoms with Crippen molar-refractivity contribution < 1.29 is 4.74 Å². The number of benzene rings is 1. The first kappa shape index (κ1) is 20.9. The van der Waals surface area contributed by atoms with Crippen molar-refractivity contribution in [2.45, 2.75) is 25.3 Å². The zero-order chi connectivity index (χ0) is 17.8. The number of hydrogen-bond acceptors (Lipinski definition) is 3. The Bertz CT molecular complexity index is 597. The van der Waals surface area contributed by atoms with Gasteiger partial charge < -0.3 is 15.0 Å². The first-order valence-electron chi connectivity index (χ1n) is 10.1. The number of halogens is 1. The Morgan fingerprint density at radius 1 is 1.19 bits per heavy atom. The molecule has 150 valence electrons. The van der Waals surface area contributed by atoms with E-state index in [9.17, 15) is 0 Å². The van der Waals surface area contributed by atoms with Crippen LogP contribution in [0.1, 0.15) is 18.4 Å². The van der Waals surface area contributed by atoms with Gasteiger partial charge in [0.2, 0.25) is 0 Å². The van der Waals surface area contributed by atoms with Crippen LogP contribution in [-0.2, 0) is 11.2 Å². The van der Waals surface area contributed by atoms with E-state index < -0.39 is 0 Å². The van der Waals surface area contributed by atoms with Crippen molar-refractivity contribution in [1.82, 2.24) is 15.1 Å². The fraction of sp³-hybridized carbons (Fsp3) is 0.667. The zero-order valence-electron chi connectivity index (χ0n) is 16.3. The van der Waals surface area contributed by atoms with Crippen LogP contribution in [0.2, 0.25) is 0 Å². The van der Waals surface area contributed by atoms with E-state index in [0.717, 1.165) is 57.2 Å². The lowest BCUT2D eigenvalue weighted by molar-refractivity contribution is 0.139. The predicted octanol–water partition coefficient (Wildman–Crippen LogP) is 2.47. The van der Waals surface area contributed by atoms with Crippen LogP contribution in [0.25, 0.3) is 0 Å². The van der Waals surface area contributed by atoms with Gasteiger partial charge in [-0.2, -0.15) is 0 Å². The Kier molecular flexibility index (Phi) is 7.78. The van der Waals surface area contributed by atoms with Crippen molar-refractivity contribution in [3.63, 3.8) is 0 Å². The summed E-state index contributed by atoms with van der Waals surface area (Å²) in [6, 6.07) is 11.4. The predicted molar refractivity (Wildman–Crippen MR) is 121 cm³/mol. The largest absolute Gasteiger partial charge is 0.381 e. The lowest BCUT2D eigenvalue weighted by Crippen LogP contribution is -2.53. The summed E-state index contributed by atoms with van der Waals surface area (Å²) in [5, 5.41) is 3.71. The molecule has 2 heterocycles. The smallest absolute Gasteiger partial charge is 0.193 e. The summed E-state index contributed by atoms with van der Waals surface area (Å²) >= 11 is 0. The van der Waals surface area contributed by atoms with Gasteiger partial charge in [0.05, 0.1) is 6.61 Å². The highest BCUT2D eigenvalue weighted by Crippen LogP contribution is 2.33. The van der Waals surface area contributed by atoms with Gasteiger partial charge in [0.1, 0.15) is 0 Å². The third kappa shape index (κ3) is 5.81. The molecule has 1 saturated carbocycles. The van der Waals surface area contributed by atoms with Gasteiger partial charge in [-0.1, -0.05) is 30.3 Å². The average Bonchev–Trinajstić information content (AvgIpc) is 3.19. The fourth-order valence-corrected chi connectivity index (χ4v) is 4.26. The molecule has 0 spiro atoms. The number of nitrogens with one attached hydrogen (secondary N) is 1. The third-order valence-electron chi connectivity index (χ3n) is 6.00. The molecule has 27 heavy (non-hydrogen) atoms. The van der Waals surface area contributed by atoms with Crippen LogP contribution in [0.5, 0.6) is 0 Å². The van der Waals surface area contributed by atoms with Gasteiger partial charge in [-0.25, -0.2) is 0 Å². The first-order valence-corrected chi connectivity index (χ1v) is 10.1. The summed E-state index contributed by atoms with van der Waals surface area (Å²) in [5.41, 5.74) is 1.45. The van der Waals surface area contributed by atoms with Gasteiger partial charge in [0, 0.05) is 52.4 Å². The molecule has 3 unspecified atom stereocenters. The van der Waals surface area contributed by atoms with Crippen molar-refractivity contribution in [2.24, 2.45) is 16.8 Å². The second kappa shape index (κ2) is 10.1. The van der Waals surface area contributed by atoms with Crippen molar-refractivity contribution in [3.8, 4) is 0 Å². The second-order valence-corrected chi connectivity index (χ2v) is 8.00. The number of piperazine rings is 1. The molecule has 3 fully saturated rings. The number of nitrogens with zero attached hydrogens (tertiary/aromatic N) is 3. The molecule has 0 amide bonds. The second-order valence-electron chi connectivity index (χ2n) is 8.00. The van der Waals surface area contributed by atoms with Gasteiger partial charge in [-0.15, -0.1) is 24.0 Å². The maximum atomic E-state index is 5.51. The van der Waals surface area contributed by atoms with E-state index in [0.29, 0.717) is 6.04 Å². The summed E-state index contributed by atoms with van der Waals surface area (Å²) in [6.45, 7) is 7.51. The minimum atomic E-state index is 0. The van der Waals surface area contributed by atoms with E-state index in [1.54, 1.807) is 0 Å². The number of hydrogen-bond donors (Lipinski definition) is 1. The quantitative estimate of drug-likeness (QED) is 0.396. The summed E-state index contributed by atoms with van der Waals surface area (Å²) < 4.78 is 5.51. The summed E-state index contributed by atoms with van der Waals surface area (Å²) in [4.78, 5) is 9.58. The summed E-state index contributed by atoms with van der Waals surface area (Å²) in [7, 11) is 1.92. The highest BCUT2D eigenvalue weighted by atomic mass is 127. The van der Waals surface area contributed by atoms with Crippen molar-refractivity contribution >= 4 is 29.9 Å². The molecule has 0 bridgehead atoms. The molecule has 6 heteroatoms. The van der Waals surface area contributed by atoms with E-state index in [-0.39, 0.29) is 24.0 Å². The Morgan fingerprint density at radius 3 is 2.63 bits per heavy atom. The van der Waals surface area contributed by atoms with E-state index in [4.69, 9.17) is 4.74 Å². The van der Waals surface area contributed by atoms with Gasteiger partial charge in [-0.3, -0.25) is 9.89 Å². The molecule has 3 aliphatic rings. The Morgan fingerprint density at radius 2 is 1.96 bits per heavy atom. The van der Waals surface area contributed by atoms with E-state index in [2.05, 4.69) is 50.4 Å². The van der Waals surface area contributed by atoms with Gasteiger partial charge in [0.15, 0.2) is 5.96 Å². The highest BCUT2D eigenvalue weighted by Gasteiger charge is 2.38. The van der Waals surface area contributed by atoms with Crippen LogP contribution < -0.4 is 5.32 Å². The molecule has 2 aliphatic heterocycles. The van der Waals surface area contributed by atoms with E-state index >= 15 is 0 Å². The van der Waals surface area contributed by atoms with Crippen LogP contribution in [0.3, 0.4) is 0 Å². The minimum absolute atomic E-state index is 0. The van der Waals surface area contributed by atoms with Crippen LogP contribution in [0, 0.1) is 11.8 Å². The molecule has 5 nitrogen and oxygen atoms in total.